The highest BCUT2D eigenvalue weighted by molar-refractivity contribution is 9.13. The number of halogens is 2. The van der Waals surface area contributed by atoms with E-state index in [0.29, 0.717) is 23.3 Å². The van der Waals surface area contributed by atoms with E-state index < -0.39 is 0 Å². The molecule has 0 fully saturated rings. The first-order valence-electron chi connectivity index (χ1n) is 5.44. The summed E-state index contributed by atoms with van der Waals surface area (Å²) in [5.41, 5.74) is 0.772. The molecule has 5 nitrogen and oxygen atoms in total. The standard InChI is InChI=1S/C12H10Br2N2O3/c13-10-5-9(19-12(10)14)7-15-6-8-3-1-2-4-11(8)16(17)18/h1-5,15H,6-7H2. The van der Waals surface area contributed by atoms with Crippen molar-refractivity contribution in [3.05, 3.63) is 60.9 Å². The fourth-order valence-corrected chi connectivity index (χ4v) is 2.30. The summed E-state index contributed by atoms with van der Waals surface area (Å²) in [6.07, 6.45) is 0. The molecule has 0 saturated carbocycles. The zero-order valence-corrected chi connectivity index (χ0v) is 12.9. The average Bonchev–Trinajstić information content (AvgIpc) is 2.69. The monoisotopic (exact) mass is 388 g/mol. The summed E-state index contributed by atoms with van der Waals surface area (Å²) in [7, 11) is 0. The Bertz CT molecular complexity index is 579. The van der Waals surface area contributed by atoms with E-state index in [4.69, 9.17) is 4.42 Å². The van der Waals surface area contributed by atoms with E-state index >= 15 is 0 Å². The van der Waals surface area contributed by atoms with Crippen LogP contribution in [0, 0.1) is 10.1 Å². The molecule has 0 aliphatic rings. The highest BCUT2D eigenvalue weighted by Gasteiger charge is 2.12. The number of furan rings is 1. The third-order valence-corrected chi connectivity index (χ3v) is 4.21. The molecule has 0 aliphatic heterocycles. The molecule has 19 heavy (non-hydrogen) atoms. The van der Waals surface area contributed by atoms with Crippen molar-refractivity contribution in [1.82, 2.24) is 5.32 Å². The molecule has 0 saturated heterocycles. The molecule has 1 heterocycles. The van der Waals surface area contributed by atoms with Gasteiger partial charge in [0.05, 0.1) is 15.9 Å². The van der Waals surface area contributed by atoms with Crippen molar-refractivity contribution in [2.75, 3.05) is 0 Å². The largest absolute Gasteiger partial charge is 0.452 e. The molecule has 0 atom stereocenters. The third kappa shape index (κ3) is 3.65. The van der Waals surface area contributed by atoms with Gasteiger partial charge in [0.25, 0.3) is 5.69 Å². The second-order valence-electron chi connectivity index (χ2n) is 3.82. The number of hydrogen-bond donors (Lipinski definition) is 1. The van der Waals surface area contributed by atoms with Crippen LogP contribution in [-0.2, 0) is 13.1 Å². The minimum absolute atomic E-state index is 0.122. The Morgan fingerprint density at radius 3 is 2.63 bits per heavy atom. The minimum atomic E-state index is -0.378. The number of benzene rings is 1. The van der Waals surface area contributed by atoms with Crippen LogP contribution in [-0.4, -0.2) is 4.92 Å². The van der Waals surface area contributed by atoms with Crippen molar-refractivity contribution in [3.8, 4) is 0 Å². The molecular weight excluding hydrogens is 380 g/mol. The Hall–Kier alpha value is -1.18. The number of nitro groups is 1. The quantitative estimate of drug-likeness (QED) is 0.619. The van der Waals surface area contributed by atoms with Crippen molar-refractivity contribution in [2.45, 2.75) is 13.1 Å². The molecule has 0 spiro atoms. The van der Waals surface area contributed by atoms with Gasteiger partial charge in [0, 0.05) is 18.2 Å². The summed E-state index contributed by atoms with van der Waals surface area (Å²) in [5.74, 6) is 0.748. The Morgan fingerprint density at radius 2 is 2.00 bits per heavy atom. The van der Waals surface area contributed by atoms with Crippen LogP contribution >= 0.6 is 31.9 Å². The number of hydrogen-bond acceptors (Lipinski definition) is 4. The molecule has 1 aromatic heterocycles. The maximum Gasteiger partial charge on any atom is 0.273 e. The Labute approximate surface area is 126 Å². The lowest BCUT2D eigenvalue weighted by atomic mass is 10.2. The SMILES string of the molecule is O=[N+]([O-])c1ccccc1CNCc1cc(Br)c(Br)o1. The first-order valence-corrected chi connectivity index (χ1v) is 7.03. The Balaban J connectivity index is 1.98. The zero-order valence-electron chi connectivity index (χ0n) is 9.73. The van der Waals surface area contributed by atoms with E-state index in [-0.39, 0.29) is 10.6 Å². The fraction of sp³-hybridized carbons (Fsp3) is 0.167. The second kappa shape index (κ2) is 6.31. The number of nitrogens with one attached hydrogen (secondary N) is 1. The van der Waals surface area contributed by atoms with Gasteiger partial charge in [-0.25, -0.2) is 0 Å². The summed E-state index contributed by atoms with van der Waals surface area (Å²) in [4.78, 5) is 10.5. The average molecular weight is 390 g/mol. The van der Waals surface area contributed by atoms with Gasteiger partial charge in [0.1, 0.15) is 5.76 Å². The van der Waals surface area contributed by atoms with Gasteiger partial charge in [0.15, 0.2) is 4.67 Å². The molecule has 0 unspecified atom stereocenters. The lowest BCUT2D eigenvalue weighted by Gasteiger charge is -2.03. The summed E-state index contributed by atoms with van der Waals surface area (Å²) < 4.78 is 6.88. The zero-order chi connectivity index (χ0) is 13.8. The van der Waals surface area contributed by atoms with E-state index in [2.05, 4.69) is 37.2 Å². The van der Waals surface area contributed by atoms with Crippen LogP contribution in [0.15, 0.2) is 43.9 Å². The van der Waals surface area contributed by atoms with Crippen molar-refractivity contribution >= 4 is 37.5 Å². The predicted molar refractivity (Wildman–Crippen MR) is 77.7 cm³/mol. The van der Waals surface area contributed by atoms with Gasteiger partial charge in [-0.1, -0.05) is 18.2 Å². The number of nitro benzene ring substituents is 1. The van der Waals surface area contributed by atoms with Crippen LogP contribution in [0.25, 0.3) is 0 Å². The molecule has 7 heteroatoms. The van der Waals surface area contributed by atoms with Gasteiger partial charge in [-0.15, -0.1) is 0 Å². The molecule has 0 amide bonds. The Kier molecular flexibility index (Phi) is 4.73. The molecule has 0 bridgehead atoms. The van der Waals surface area contributed by atoms with Crippen molar-refractivity contribution in [3.63, 3.8) is 0 Å². The second-order valence-corrected chi connectivity index (χ2v) is 5.40. The minimum Gasteiger partial charge on any atom is -0.452 e. The van der Waals surface area contributed by atoms with Crippen LogP contribution in [0.2, 0.25) is 0 Å². The lowest BCUT2D eigenvalue weighted by molar-refractivity contribution is -0.385. The Morgan fingerprint density at radius 1 is 1.26 bits per heavy atom. The number of nitrogens with zero attached hydrogens (tertiary/aromatic N) is 1. The fourth-order valence-electron chi connectivity index (χ4n) is 1.64. The van der Waals surface area contributed by atoms with Crippen LogP contribution in [0.4, 0.5) is 5.69 Å². The molecule has 2 aromatic rings. The molecule has 0 radical (unpaired) electrons. The normalized spacial score (nSPS) is 10.6. The number of para-hydroxylation sites is 1. The highest BCUT2D eigenvalue weighted by Crippen LogP contribution is 2.26. The summed E-state index contributed by atoms with van der Waals surface area (Å²) in [6, 6.07) is 8.51. The van der Waals surface area contributed by atoms with Gasteiger partial charge in [0.2, 0.25) is 0 Å². The molecular formula is C12H10Br2N2O3. The molecule has 1 N–H and O–H groups in total. The van der Waals surface area contributed by atoms with Crippen LogP contribution in [0.1, 0.15) is 11.3 Å². The molecule has 2 rings (SSSR count). The van der Waals surface area contributed by atoms with E-state index in [1.807, 2.05) is 6.07 Å². The van der Waals surface area contributed by atoms with Crippen molar-refractivity contribution < 1.29 is 9.34 Å². The molecule has 100 valence electrons. The van der Waals surface area contributed by atoms with Gasteiger partial charge in [-0.3, -0.25) is 10.1 Å². The van der Waals surface area contributed by atoms with E-state index in [9.17, 15) is 10.1 Å². The number of rotatable bonds is 5. The van der Waals surface area contributed by atoms with Crippen LogP contribution in [0.3, 0.4) is 0 Å². The smallest absolute Gasteiger partial charge is 0.273 e. The predicted octanol–water partition coefficient (Wildman–Crippen LogP) is 4.00. The van der Waals surface area contributed by atoms with Crippen molar-refractivity contribution in [1.29, 1.82) is 0 Å². The third-order valence-electron chi connectivity index (χ3n) is 2.50. The van der Waals surface area contributed by atoms with E-state index in [1.54, 1.807) is 18.2 Å². The highest BCUT2D eigenvalue weighted by atomic mass is 79.9. The summed E-state index contributed by atoms with van der Waals surface area (Å²) in [6.45, 7) is 0.906. The van der Waals surface area contributed by atoms with E-state index in [1.165, 1.54) is 6.07 Å². The first kappa shape index (κ1) is 14.2. The maximum absolute atomic E-state index is 10.8. The van der Waals surface area contributed by atoms with Gasteiger partial charge < -0.3 is 9.73 Å². The maximum atomic E-state index is 10.8. The van der Waals surface area contributed by atoms with Crippen LogP contribution in [0.5, 0.6) is 0 Å². The topological polar surface area (TPSA) is 68.3 Å². The molecule has 0 aliphatic carbocycles. The summed E-state index contributed by atoms with van der Waals surface area (Å²) in [5, 5.41) is 14.0. The van der Waals surface area contributed by atoms with Crippen molar-refractivity contribution in [2.24, 2.45) is 0 Å². The molecule has 1 aromatic carbocycles. The van der Waals surface area contributed by atoms with E-state index in [0.717, 1.165) is 10.2 Å². The van der Waals surface area contributed by atoms with Crippen LogP contribution < -0.4 is 5.32 Å². The van der Waals surface area contributed by atoms with Gasteiger partial charge >= 0.3 is 0 Å². The van der Waals surface area contributed by atoms with Gasteiger partial charge in [-0.2, -0.15) is 0 Å². The van der Waals surface area contributed by atoms with Gasteiger partial charge in [-0.05, 0) is 37.9 Å². The summed E-state index contributed by atoms with van der Waals surface area (Å²) >= 11 is 6.58. The first-order chi connectivity index (χ1) is 9.08. The lowest BCUT2D eigenvalue weighted by Crippen LogP contribution is -2.13.